The van der Waals surface area contributed by atoms with E-state index in [-0.39, 0.29) is 12.1 Å². The summed E-state index contributed by atoms with van der Waals surface area (Å²) in [4.78, 5) is 0. The Kier molecular flexibility index (Phi) is 6.24. The van der Waals surface area contributed by atoms with Gasteiger partial charge in [-0.1, -0.05) is 25.3 Å². The van der Waals surface area contributed by atoms with Crippen molar-refractivity contribution >= 4 is 0 Å². The van der Waals surface area contributed by atoms with E-state index in [1.807, 2.05) is 18.2 Å². The van der Waals surface area contributed by atoms with Gasteiger partial charge in [0.2, 0.25) is 0 Å². The van der Waals surface area contributed by atoms with E-state index in [1.54, 1.807) is 14.2 Å². The van der Waals surface area contributed by atoms with E-state index in [9.17, 15) is 0 Å². The third-order valence-corrected chi connectivity index (χ3v) is 3.14. The molecule has 104 valence electrons. The van der Waals surface area contributed by atoms with Crippen LogP contribution < -0.4 is 14.8 Å². The Morgan fingerprint density at radius 1 is 1.26 bits per heavy atom. The minimum absolute atomic E-state index is 0.105. The average Bonchev–Trinajstić information content (AvgIpc) is 2.45. The lowest BCUT2D eigenvalue weighted by Gasteiger charge is -2.20. The Hall–Kier alpha value is -1.66. The molecule has 1 aromatic carbocycles. The van der Waals surface area contributed by atoms with Gasteiger partial charge in [-0.25, -0.2) is 0 Å². The molecular formula is C16H23NO2. The molecule has 0 saturated carbocycles. The molecule has 3 nitrogen and oxygen atoms in total. The van der Waals surface area contributed by atoms with Crippen molar-refractivity contribution < 1.29 is 9.47 Å². The Labute approximate surface area is 116 Å². The van der Waals surface area contributed by atoms with Crippen LogP contribution in [0.15, 0.2) is 18.2 Å². The molecule has 0 fully saturated rings. The monoisotopic (exact) mass is 261 g/mol. The summed E-state index contributed by atoms with van der Waals surface area (Å²) in [6, 6.07) is 6.20. The van der Waals surface area contributed by atoms with Crippen molar-refractivity contribution in [3.05, 3.63) is 23.8 Å². The lowest BCUT2D eigenvalue weighted by molar-refractivity contribution is 0.353. The van der Waals surface area contributed by atoms with E-state index in [4.69, 9.17) is 15.9 Å². The Bertz CT molecular complexity index is 437. The van der Waals surface area contributed by atoms with Crippen LogP contribution in [0, 0.1) is 12.3 Å². The maximum Gasteiger partial charge on any atom is 0.161 e. The van der Waals surface area contributed by atoms with Gasteiger partial charge >= 0.3 is 0 Å². The first-order chi connectivity index (χ1) is 9.15. The van der Waals surface area contributed by atoms with Gasteiger partial charge in [0.05, 0.1) is 20.3 Å². The van der Waals surface area contributed by atoms with E-state index in [2.05, 4.69) is 25.1 Å². The second-order valence-electron chi connectivity index (χ2n) is 4.51. The van der Waals surface area contributed by atoms with Crippen LogP contribution in [0.3, 0.4) is 0 Å². The van der Waals surface area contributed by atoms with Gasteiger partial charge in [-0.2, -0.15) is 0 Å². The van der Waals surface area contributed by atoms with Gasteiger partial charge in [-0.15, -0.1) is 6.42 Å². The SMILES string of the molecule is C#CC(CCC)NC(C)c1ccc(OC)c(OC)c1. The molecule has 2 atom stereocenters. The van der Waals surface area contributed by atoms with Gasteiger partial charge in [0.25, 0.3) is 0 Å². The highest BCUT2D eigenvalue weighted by atomic mass is 16.5. The van der Waals surface area contributed by atoms with Crippen LogP contribution >= 0.6 is 0 Å². The smallest absolute Gasteiger partial charge is 0.161 e. The van der Waals surface area contributed by atoms with Gasteiger partial charge in [0, 0.05) is 6.04 Å². The van der Waals surface area contributed by atoms with E-state index >= 15 is 0 Å². The van der Waals surface area contributed by atoms with Gasteiger partial charge in [0.15, 0.2) is 11.5 Å². The fraction of sp³-hybridized carbons (Fsp3) is 0.500. The number of terminal acetylenes is 1. The van der Waals surface area contributed by atoms with E-state index < -0.39 is 0 Å². The molecule has 1 aromatic rings. The van der Waals surface area contributed by atoms with Crippen molar-refractivity contribution in [2.24, 2.45) is 0 Å². The summed E-state index contributed by atoms with van der Waals surface area (Å²) in [7, 11) is 3.27. The first-order valence-corrected chi connectivity index (χ1v) is 6.60. The first kappa shape index (κ1) is 15.4. The van der Waals surface area contributed by atoms with Crippen LogP contribution in [0.4, 0.5) is 0 Å². The second kappa shape index (κ2) is 7.70. The molecule has 2 unspecified atom stereocenters. The normalized spacial score (nSPS) is 13.4. The number of methoxy groups -OCH3 is 2. The molecule has 0 aliphatic carbocycles. The molecule has 0 amide bonds. The maximum absolute atomic E-state index is 5.53. The Morgan fingerprint density at radius 3 is 2.47 bits per heavy atom. The molecule has 1 rings (SSSR count). The molecular weight excluding hydrogens is 238 g/mol. The standard InChI is InChI=1S/C16H23NO2/c1-6-8-14(7-2)17-12(3)13-9-10-15(18-4)16(11-13)19-5/h2,9-12,14,17H,6,8H2,1,3-5H3. The molecule has 19 heavy (non-hydrogen) atoms. The quantitative estimate of drug-likeness (QED) is 0.765. The molecule has 0 radical (unpaired) electrons. The molecule has 0 saturated heterocycles. The number of nitrogens with one attached hydrogen (secondary N) is 1. The number of benzene rings is 1. The predicted octanol–water partition coefficient (Wildman–Crippen LogP) is 3.16. The summed E-state index contributed by atoms with van der Waals surface area (Å²) in [5.74, 6) is 4.26. The summed E-state index contributed by atoms with van der Waals surface area (Å²) < 4.78 is 10.5. The van der Waals surface area contributed by atoms with Crippen molar-refractivity contribution in [2.75, 3.05) is 14.2 Å². The van der Waals surface area contributed by atoms with Crippen LogP contribution in [0.2, 0.25) is 0 Å². The highest BCUT2D eigenvalue weighted by Gasteiger charge is 2.13. The summed E-state index contributed by atoms with van der Waals surface area (Å²) in [5.41, 5.74) is 1.13. The Morgan fingerprint density at radius 2 is 1.95 bits per heavy atom. The number of rotatable bonds is 7. The maximum atomic E-state index is 5.53. The molecule has 1 N–H and O–H groups in total. The fourth-order valence-corrected chi connectivity index (χ4v) is 2.02. The van der Waals surface area contributed by atoms with Crippen molar-refractivity contribution in [3.63, 3.8) is 0 Å². The highest BCUT2D eigenvalue weighted by molar-refractivity contribution is 5.43. The topological polar surface area (TPSA) is 30.5 Å². The lowest BCUT2D eigenvalue weighted by atomic mass is 10.1. The summed E-state index contributed by atoms with van der Waals surface area (Å²) in [6.07, 6.45) is 7.58. The van der Waals surface area contributed by atoms with Gasteiger partial charge in [0.1, 0.15) is 0 Å². The third-order valence-electron chi connectivity index (χ3n) is 3.14. The average molecular weight is 261 g/mol. The Balaban J connectivity index is 2.82. The third kappa shape index (κ3) is 4.18. The molecule has 0 aliphatic rings. The van der Waals surface area contributed by atoms with Gasteiger partial charge in [-0.3, -0.25) is 5.32 Å². The van der Waals surface area contributed by atoms with E-state index in [1.165, 1.54) is 0 Å². The van der Waals surface area contributed by atoms with Crippen molar-refractivity contribution in [3.8, 4) is 23.8 Å². The molecule has 0 aromatic heterocycles. The summed E-state index contributed by atoms with van der Waals surface area (Å²) in [5, 5.41) is 3.44. The van der Waals surface area contributed by atoms with Crippen molar-refractivity contribution in [1.82, 2.24) is 5.32 Å². The van der Waals surface area contributed by atoms with E-state index in [0.717, 1.165) is 29.9 Å². The minimum Gasteiger partial charge on any atom is -0.493 e. The molecule has 0 bridgehead atoms. The molecule has 0 spiro atoms. The summed E-state index contributed by atoms with van der Waals surface area (Å²) in [6.45, 7) is 4.23. The van der Waals surface area contributed by atoms with Crippen molar-refractivity contribution in [2.45, 2.75) is 38.8 Å². The number of ether oxygens (including phenoxy) is 2. The minimum atomic E-state index is 0.105. The largest absolute Gasteiger partial charge is 0.493 e. The van der Waals surface area contributed by atoms with E-state index in [0.29, 0.717) is 0 Å². The first-order valence-electron chi connectivity index (χ1n) is 6.60. The zero-order valence-electron chi connectivity index (χ0n) is 12.2. The van der Waals surface area contributed by atoms with Gasteiger partial charge in [-0.05, 0) is 31.0 Å². The fourth-order valence-electron chi connectivity index (χ4n) is 2.02. The predicted molar refractivity (Wildman–Crippen MR) is 78.6 cm³/mol. The zero-order valence-corrected chi connectivity index (χ0v) is 12.2. The molecule has 3 heteroatoms. The lowest BCUT2D eigenvalue weighted by Crippen LogP contribution is -2.30. The highest BCUT2D eigenvalue weighted by Crippen LogP contribution is 2.30. The second-order valence-corrected chi connectivity index (χ2v) is 4.51. The van der Waals surface area contributed by atoms with Crippen LogP contribution in [0.5, 0.6) is 11.5 Å². The zero-order chi connectivity index (χ0) is 14.3. The van der Waals surface area contributed by atoms with Gasteiger partial charge < -0.3 is 9.47 Å². The van der Waals surface area contributed by atoms with Crippen LogP contribution in [0.25, 0.3) is 0 Å². The molecule has 0 aliphatic heterocycles. The summed E-state index contributed by atoms with van der Waals surface area (Å²) >= 11 is 0. The van der Waals surface area contributed by atoms with Crippen molar-refractivity contribution in [1.29, 1.82) is 0 Å². The van der Waals surface area contributed by atoms with Crippen LogP contribution in [-0.2, 0) is 0 Å². The van der Waals surface area contributed by atoms with Crippen LogP contribution in [0.1, 0.15) is 38.3 Å². The molecule has 0 heterocycles. The number of hydrogen-bond acceptors (Lipinski definition) is 3. The van der Waals surface area contributed by atoms with Crippen LogP contribution in [-0.4, -0.2) is 20.3 Å². The number of hydrogen-bond donors (Lipinski definition) is 1.